The quantitative estimate of drug-likeness (QED) is 0.607. The number of piperidine rings is 1. The van der Waals surface area contributed by atoms with Gasteiger partial charge in [0.15, 0.2) is 5.41 Å². The second-order valence-electron chi connectivity index (χ2n) is 7.51. The van der Waals surface area contributed by atoms with Crippen LogP contribution in [-0.4, -0.2) is 41.6 Å². The maximum Gasteiger partial charge on any atom is 0.417 e. The molecule has 0 saturated carbocycles. The van der Waals surface area contributed by atoms with E-state index in [9.17, 15) is 14.4 Å². The zero-order chi connectivity index (χ0) is 19.4. The van der Waals surface area contributed by atoms with Gasteiger partial charge in [0.25, 0.3) is 0 Å². The minimum absolute atomic E-state index is 0.176. The summed E-state index contributed by atoms with van der Waals surface area (Å²) in [6.07, 6.45) is 0.351. The van der Waals surface area contributed by atoms with Crippen LogP contribution in [0.1, 0.15) is 46.1 Å². The van der Waals surface area contributed by atoms with Gasteiger partial charge in [0.1, 0.15) is 5.60 Å². The highest BCUT2D eigenvalue weighted by Gasteiger charge is 2.53. The second-order valence-corrected chi connectivity index (χ2v) is 7.51. The van der Waals surface area contributed by atoms with Gasteiger partial charge in [-0.2, -0.15) is 0 Å². The van der Waals surface area contributed by atoms with Gasteiger partial charge in [0.05, 0.1) is 6.61 Å². The van der Waals surface area contributed by atoms with Crippen LogP contribution in [0.2, 0.25) is 0 Å². The number of carbonyl (C=O) groups excluding carboxylic acids is 3. The van der Waals surface area contributed by atoms with E-state index in [0.29, 0.717) is 12.8 Å². The van der Waals surface area contributed by atoms with Gasteiger partial charge in [-0.05, 0) is 52.5 Å². The van der Waals surface area contributed by atoms with Crippen molar-refractivity contribution < 1.29 is 23.9 Å². The normalized spacial score (nSPS) is 20.6. The Bertz CT molecular complexity index is 665. The number of carbonyl (C=O) groups is 3. The third kappa shape index (κ3) is 4.42. The van der Waals surface area contributed by atoms with Gasteiger partial charge in [0.2, 0.25) is 5.91 Å². The van der Waals surface area contributed by atoms with Gasteiger partial charge in [-0.1, -0.05) is 30.3 Å². The highest BCUT2D eigenvalue weighted by Crippen LogP contribution is 2.37. The van der Waals surface area contributed by atoms with Gasteiger partial charge in [0, 0.05) is 6.54 Å². The average Bonchev–Trinajstić information content (AvgIpc) is 2.56. The van der Waals surface area contributed by atoms with Crippen LogP contribution in [0.15, 0.2) is 30.3 Å². The van der Waals surface area contributed by atoms with E-state index in [4.69, 9.17) is 9.47 Å². The number of esters is 1. The van der Waals surface area contributed by atoms with E-state index in [2.05, 4.69) is 0 Å². The van der Waals surface area contributed by atoms with Crippen LogP contribution in [0.5, 0.6) is 0 Å². The van der Waals surface area contributed by atoms with E-state index in [1.807, 2.05) is 30.3 Å². The Kier molecular flexibility index (Phi) is 6.05. The van der Waals surface area contributed by atoms with Crippen LogP contribution in [0, 0.1) is 5.41 Å². The molecule has 0 bridgehead atoms. The molecule has 2 amide bonds. The highest BCUT2D eigenvalue weighted by atomic mass is 16.6. The summed E-state index contributed by atoms with van der Waals surface area (Å²) in [6, 6.07) is 9.30. The summed E-state index contributed by atoms with van der Waals surface area (Å²) in [4.78, 5) is 39.5. The monoisotopic (exact) mass is 361 g/mol. The molecule has 0 radical (unpaired) electrons. The summed E-state index contributed by atoms with van der Waals surface area (Å²) in [6.45, 7) is 7.33. The van der Waals surface area contributed by atoms with Gasteiger partial charge in [-0.15, -0.1) is 0 Å². The fourth-order valence-electron chi connectivity index (χ4n) is 3.14. The van der Waals surface area contributed by atoms with E-state index < -0.39 is 29.0 Å². The fourth-order valence-corrected chi connectivity index (χ4v) is 3.14. The lowest BCUT2D eigenvalue weighted by Gasteiger charge is -2.39. The lowest BCUT2D eigenvalue weighted by Crippen LogP contribution is -2.57. The molecule has 1 saturated heterocycles. The van der Waals surface area contributed by atoms with Crippen molar-refractivity contribution in [2.24, 2.45) is 5.41 Å². The SMILES string of the molecule is CCOC(=O)C1(Cc2ccccc2)CCCN(C(=O)OC(C)(C)C)C1=O. The fraction of sp³-hybridized carbons (Fsp3) is 0.550. The first-order valence-electron chi connectivity index (χ1n) is 8.96. The summed E-state index contributed by atoms with van der Waals surface area (Å²) in [5, 5.41) is 0. The molecule has 1 unspecified atom stereocenters. The number of likely N-dealkylation sites (tertiary alicyclic amines) is 1. The molecule has 1 aliphatic rings. The first kappa shape index (κ1) is 19.9. The van der Waals surface area contributed by atoms with E-state index in [1.165, 1.54) is 0 Å². The molecule has 2 rings (SSSR count). The standard InChI is InChI=1S/C20H27NO5/c1-5-25-17(23)20(14-15-10-7-6-8-11-15)12-9-13-21(16(20)22)18(24)26-19(2,3)4/h6-8,10-11H,5,9,12-14H2,1-4H3. The lowest BCUT2D eigenvalue weighted by molar-refractivity contribution is -0.167. The minimum atomic E-state index is -1.40. The molecule has 6 nitrogen and oxygen atoms in total. The van der Waals surface area contributed by atoms with Crippen LogP contribution in [0.4, 0.5) is 4.79 Å². The van der Waals surface area contributed by atoms with Gasteiger partial charge < -0.3 is 9.47 Å². The molecule has 142 valence electrons. The molecule has 1 aliphatic heterocycles. The number of benzene rings is 1. The average molecular weight is 361 g/mol. The third-order valence-corrected chi connectivity index (χ3v) is 4.27. The number of imide groups is 1. The van der Waals surface area contributed by atoms with Crippen molar-refractivity contribution in [2.75, 3.05) is 13.2 Å². The zero-order valence-corrected chi connectivity index (χ0v) is 15.9. The highest BCUT2D eigenvalue weighted by molar-refractivity contribution is 6.08. The molecule has 1 aromatic rings. The topological polar surface area (TPSA) is 72.9 Å². The number of rotatable bonds is 4. The van der Waals surface area contributed by atoms with Crippen molar-refractivity contribution in [2.45, 2.75) is 52.6 Å². The number of hydrogen-bond donors (Lipinski definition) is 0. The Morgan fingerprint density at radius 3 is 2.42 bits per heavy atom. The van der Waals surface area contributed by atoms with Crippen LogP contribution in [-0.2, 0) is 25.5 Å². The molecule has 1 fully saturated rings. The second kappa shape index (κ2) is 7.89. The molecule has 0 N–H and O–H groups in total. The van der Waals surface area contributed by atoms with Gasteiger partial charge in [-0.25, -0.2) is 9.69 Å². The molecular weight excluding hydrogens is 334 g/mol. The minimum Gasteiger partial charge on any atom is -0.465 e. The predicted molar refractivity (Wildman–Crippen MR) is 96.4 cm³/mol. The smallest absolute Gasteiger partial charge is 0.417 e. The van der Waals surface area contributed by atoms with Gasteiger partial charge >= 0.3 is 12.1 Å². The number of nitrogens with zero attached hydrogens (tertiary/aromatic N) is 1. The van der Waals surface area contributed by atoms with Crippen molar-refractivity contribution in [1.29, 1.82) is 0 Å². The van der Waals surface area contributed by atoms with Crippen molar-refractivity contribution in [1.82, 2.24) is 4.90 Å². The summed E-state index contributed by atoms with van der Waals surface area (Å²) in [5.41, 5.74) is -1.27. The van der Waals surface area contributed by atoms with Crippen LogP contribution >= 0.6 is 0 Å². The number of ether oxygens (including phenoxy) is 2. The van der Waals surface area contributed by atoms with Crippen molar-refractivity contribution in [3.05, 3.63) is 35.9 Å². The number of hydrogen-bond acceptors (Lipinski definition) is 5. The Labute approximate surface area is 154 Å². The molecule has 1 aromatic carbocycles. The maximum atomic E-state index is 13.2. The molecule has 1 heterocycles. The van der Waals surface area contributed by atoms with Crippen molar-refractivity contribution in [3.8, 4) is 0 Å². The predicted octanol–water partition coefficient (Wildman–Crippen LogP) is 3.34. The molecule has 1 atom stereocenters. The van der Waals surface area contributed by atoms with Crippen LogP contribution in [0.3, 0.4) is 0 Å². The zero-order valence-electron chi connectivity index (χ0n) is 15.9. The van der Waals surface area contributed by atoms with Crippen LogP contribution < -0.4 is 0 Å². The molecule has 6 heteroatoms. The first-order chi connectivity index (χ1) is 12.2. The van der Waals surface area contributed by atoms with E-state index in [0.717, 1.165) is 10.5 Å². The molecule has 26 heavy (non-hydrogen) atoms. The van der Waals surface area contributed by atoms with Gasteiger partial charge in [-0.3, -0.25) is 9.59 Å². The van der Waals surface area contributed by atoms with Crippen molar-refractivity contribution in [3.63, 3.8) is 0 Å². The summed E-state index contributed by atoms with van der Waals surface area (Å²) in [7, 11) is 0. The molecule has 0 spiro atoms. The summed E-state index contributed by atoms with van der Waals surface area (Å²) < 4.78 is 10.6. The van der Waals surface area contributed by atoms with Crippen LogP contribution in [0.25, 0.3) is 0 Å². The molecule has 0 aliphatic carbocycles. The van der Waals surface area contributed by atoms with E-state index in [-0.39, 0.29) is 19.6 Å². The first-order valence-corrected chi connectivity index (χ1v) is 8.96. The molecule has 0 aromatic heterocycles. The van der Waals surface area contributed by atoms with E-state index in [1.54, 1.807) is 27.7 Å². The maximum absolute atomic E-state index is 13.2. The summed E-state index contributed by atoms with van der Waals surface area (Å²) >= 11 is 0. The number of amides is 2. The largest absolute Gasteiger partial charge is 0.465 e. The Morgan fingerprint density at radius 1 is 1.19 bits per heavy atom. The summed E-state index contributed by atoms with van der Waals surface area (Å²) in [5.74, 6) is -1.12. The van der Waals surface area contributed by atoms with Crippen molar-refractivity contribution >= 4 is 18.0 Å². The Balaban J connectivity index is 2.35. The third-order valence-electron chi connectivity index (χ3n) is 4.27. The molecular formula is C20H27NO5. The Hall–Kier alpha value is -2.37. The lowest BCUT2D eigenvalue weighted by atomic mass is 9.74. The van der Waals surface area contributed by atoms with E-state index >= 15 is 0 Å². The Morgan fingerprint density at radius 2 is 1.85 bits per heavy atom.